The zero-order valence-electron chi connectivity index (χ0n) is 14.3. The Morgan fingerprint density at radius 1 is 1.20 bits per heavy atom. The Balaban J connectivity index is 1.57. The van der Waals surface area contributed by atoms with E-state index in [1.54, 1.807) is 7.05 Å². The van der Waals surface area contributed by atoms with Gasteiger partial charge in [-0.15, -0.1) is 10.2 Å². The Bertz CT molecular complexity index is 873. The number of aliphatic imine (C=N–C) groups is 1. The number of pyridine rings is 1. The molecule has 7 heteroatoms. The van der Waals surface area contributed by atoms with Crippen molar-refractivity contribution >= 4 is 27.5 Å². The van der Waals surface area contributed by atoms with Gasteiger partial charge >= 0.3 is 0 Å². The predicted octanol–water partition coefficient (Wildman–Crippen LogP) is 2.96. The van der Waals surface area contributed by atoms with Crippen molar-refractivity contribution in [3.05, 3.63) is 64.5 Å². The number of hydrogen-bond acceptors (Lipinski definition) is 3. The van der Waals surface area contributed by atoms with Crippen molar-refractivity contribution in [3.63, 3.8) is 0 Å². The predicted molar refractivity (Wildman–Crippen MR) is 104 cm³/mol. The van der Waals surface area contributed by atoms with E-state index in [1.807, 2.05) is 47.0 Å². The number of hydrogen-bond donors (Lipinski definition) is 2. The fourth-order valence-corrected chi connectivity index (χ4v) is 3.29. The molecule has 3 rings (SSSR count). The van der Waals surface area contributed by atoms with Crippen LogP contribution < -0.4 is 10.6 Å². The molecule has 0 aliphatic rings. The van der Waals surface area contributed by atoms with Gasteiger partial charge < -0.3 is 10.6 Å². The monoisotopic (exact) mass is 400 g/mol. The van der Waals surface area contributed by atoms with Crippen molar-refractivity contribution in [1.82, 2.24) is 25.2 Å². The zero-order chi connectivity index (χ0) is 17.6. The Kier molecular flexibility index (Phi) is 5.65. The number of fused-ring (bicyclic) bond motifs is 1. The van der Waals surface area contributed by atoms with Crippen LogP contribution in [0.15, 0.2) is 58.1 Å². The molecule has 1 aromatic carbocycles. The average molecular weight is 401 g/mol. The van der Waals surface area contributed by atoms with Crippen LogP contribution in [0.1, 0.15) is 24.4 Å². The summed E-state index contributed by atoms with van der Waals surface area (Å²) >= 11 is 3.59. The zero-order valence-corrected chi connectivity index (χ0v) is 15.9. The second kappa shape index (κ2) is 8.11. The fraction of sp³-hybridized carbons (Fsp3) is 0.278. The maximum absolute atomic E-state index is 4.30. The molecule has 2 aromatic heterocycles. The van der Waals surface area contributed by atoms with Gasteiger partial charge in [0, 0.05) is 30.7 Å². The molecule has 1 atom stereocenters. The minimum Gasteiger partial charge on any atom is -0.356 e. The smallest absolute Gasteiger partial charge is 0.191 e. The van der Waals surface area contributed by atoms with Crippen LogP contribution in [-0.4, -0.2) is 34.2 Å². The van der Waals surface area contributed by atoms with Gasteiger partial charge in [-0.05, 0) is 30.7 Å². The van der Waals surface area contributed by atoms with Crippen LogP contribution in [0.3, 0.4) is 0 Å². The lowest BCUT2D eigenvalue weighted by Crippen LogP contribution is -2.39. The molecule has 3 aromatic rings. The molecule has 0 aliphatic heterocycles. The van der Waals surface area contributed by atoms with Crippen LogP contribution in [0.25, 0.3) is 5.65 Å². The highest BCUT2D eigenvalue weighted by Gasteiger charge is 2.11. The van der Waals surface area contributed by atoms with Crippen molar-refractivity contribution in [2.45, 2.75) is 19.4 Å². The summed E-state index contributed by atoms with van der Waals surface area (Å²) in [4.78, 5) is 4.30. The molecule has 0 spiro atoms. The number of nitrogens with one attached hydrogen (secondary N) is 2. The summed E-state index contributed by atoms with van der Waals surface area (Å²) in [5, 5.41) is 15.2. The number of rotatable bonds is 5. The lowest BCUT2D eigenvalue weighted by Gasteiger charge is -2.19. The van der Waals surface area contributed by atoms with Crippen molar-refractivity contribution in [2.75, 3.05) is 13.6 Å². The minimum absolute atomic E-state index is 0.135. The first-order valence-corrected chi connectivity index (χ1v) is 8.98. The van der Waals surface area contributed by atoms with Gasteiger partial charge in [0.15, 0.2) is 11.6 Å². The number of halogens is 1. The minimum atomic E-state index is 0.135. The molecule has 2 N–H and O–H groups in total. The maximum Gasteiger partial charge on any atom is 0.191 e. The molecule has 0 aliphatic carbocycles. The van der Waals surface area contributed by atoms with E-state index >= 15 is 0 Å². The summed E-state index contributed by atoms with van der Waals surface area (Å²) < 4.78 is 3.09. The third-order valence-electron chi connectivity index (χ3n) is 3.97. The Hall–Kier alpha value is -2.41. The Morgan fingerprint density at radius 3 is 2.80 bits per heavy atom. The second-order valence-corrected chi connectivity index (χ2v) is 6.54. The molecule has 0 amide bonds. The van der Waals surface area contributed by atoms with Gasteiger partial charge in [-0.25, -0.2) is 0 Å². The van der Waals surface area contributed by atoms with E-state index in [9.17, 15) is 0 Å². The standard InChI is InChI=1S/C18H21BrN6/c1-13(14-7-3-4-8-15(14)19)22-18(20-2)21-11-10-17-24-23-16-9-5-6-12-25(16)17/h3-9,12-13H,10-11H2,1-2H3,(H2,20,21,22). The van der Waals surface area contributed by atoms with E-state index in [1.165, 1.54) is 5.56 Å². The number of benzene rings is 1. The van der Waals surface area contributed by atoms with Crippen molar-refractivity contribution in [3.8, 4) is 0 Å². The average Bonchev–Trinajstić information content (AvgIpc) is 3.04. The normalized spacial score (nSPS) is 13.0. The molecule has 2 heterocycles. The summed E-state index contributed by atoms with van der Waals surface area (Å²) in [6, 6.07) is 14.2. The molecule has 0 saturated carbocycles. The third-order valence-corrected chi connectivity index (χ3v) is 4.70. The van der Waals surface area contributed by atoms with E-state index < -0.39 is 0 Å². The van der Waals surface area contributed by atoms with E-state index in [2.05, 4.69) is 54.7 Å². The lowest BCUT2D eigenvalue weighted by atomic mass is 10.1. The Morgan fingerprint density at radius 2 is 2.00 bits per heavy atom. The lowest BCUT2D eigenvalue weighted by molar-refractivity contribution is 0.677. The van der Waals surface area contributed by atoms with E-state index in [-0.39, 0.29) is 6.04 Å². The topological polar surface area (TPSA) is 66.6 Å². The van der Waals surface area contributed by atoms with Crippen molar-refractivity contribution in [1.29, 1.82) is 0 Å². The molecule has 130 valence electrons. The summed E-state index contributed by atoms with van der Waals surface area (Å²) in [6.45, 7) is 2.83. The highest BCUT2D eigenvalue weighted by atomic mass is 79.9. The van der Waals surface area contributed by atoms with Gasteiger partial charge in [-0.3, -0.25) is 9.39 Å². The van der Waals surface area contributed by atoms with Gasteiger partial charge in [-0.2, -0.15) is 0 Å². The molecular weight excluding hydrogens is 380 g/mol. The molecule has 0 fully saturated rings. The number of guanidine groups is 1. The van der Waals surface area contributed by atoms with E-state index in [0.717, 1.165) is 34.9 Å². The van der Waals surface area contributed by atoms with Crippen molar-refractivity contribution < 1.29 is 0 Å². The highest BCUT2D eigenvalue weighted by Crippen LogP contribution is 2.22. The van der Waals surface area contributed by atoms with Crippen LogP contribution in [0.2, 0.25) is 0 Å². The van der Waals surface area contributed by atoms with Gasteiger partial charge in [0.25, 0.3) is 0 Å². The van der Waals surface area contributed by atoms with Gasteiger partial charge in [0.2, 0.25) is 0 Å². The molecule has 0 saturated heterocycles. The van der Waals surface area contributed by atoms with E-state index in [0.29, 0.717) is 0 Å². The van der Waals surface area contributed by atoms with Crippen LogP contribution in [0, 0.1) is 0 Å². The first kappa shape index (κ1) is 17.4. The summed E-state index contributed by atoms with van der Waals surface area (Å²) in [5.74, 6) is 1.69. The molecule has 25 heavy (non-hydrogen) atoms. The van der Waals surface area contributed by atoms with Crippen LogP contribution in [0.4, 0.5) is 0 Å². The summed E-state index contributed by atoms with van der Waals surface area (Å²) in [6.07, 6.45) is 2.74. The van der Waals surface area contributed by atoms with E-state index in [4.69, 9.17) is 0 Å². The molecule has 1 unspecified atom stereocenters. The van der Waals surface area contributed by atoms with Crippen LogP contribution in [0.5, 0.6) is 0 Å². The first-order valence-electron chi connectivity index (χ1n) is 8.19. The molecular formula is C18H21BrN6. The van der Waals surface area contributed by atoms with Crippen molar-refractivity contribution in [2.24, 2.45) is 4.99 Å². The summed E-state index contributed by atoms with van der Waals surface area (Å²) in [7, 11) is 1.77. The largest absolute Gasteiger partial charge is 0.356 e. The maximum atomic E-state index is 4.30. The molecule has 0 radical (unpaired) electrons. The quantitative estimate of drug-likeness (QED) is 0.510. The van der Waals surface area contributed by atoms with Gasteiger partial charge in [0.1, 0.15) is 5.82 Å². The fourth-order valence-electron chi connectivity index (χ4n) is 2.66. The SMILES string of the molecule is CN=C(NCCc1nnc2ccccn12)NC(C)c1ccccc1Br. The van der Waals surface area contributed by atoms with Crippen LogP contribution >= 0.6 is 15.9 Å². The number of aromatic nitrogens is 3. The van der Waals surface area contributed by atoms with Gasteiger partial charge in [0.05, 0.1) is 6.04 Å². The highest BCUT2D eigenvalue weighted by molar-refractivity contribution is 9.10. The first-order chi connectivity index (χ1) is 12.2. The van der Waals surface area contributed by atoms with Crippen LogP contribution in [-0.2, 0) is 6.42 Å². The second-order valence-electron chi connectivity index (χ2n) is 5.68. The third kappa shape index (κ3) is 4.17. The molecule has 0 bridgehead atoms. The summed E-state index contributed by atoms with van der Waals surface area (Å²) in [5.41, 5.74) is 2.05. The number of nitrogens with zero attached hydrogens (tertiary/aromatic N) is 4. The van der Waals surface area contributed by atoms with Gasteiger partial charge in [-0.1, -0.05) is 40.2 Å². The Labute approximate surface area is 155 Å². The molecule has 6 nitrogen and oxygen atoms in total.